The largest absolute Gasteiger partial charge is 0.506 e. The fourth-order valence-corrected chi connectivity index (χ4v) is 5.58. The lowest BCUT2D eigenvalue weighted by atomic mass is 10.0. The number of ether oxygens (including phenoxy) is 2. The van der Waals surface area contributed by atoms with Crippen molar-refractivity contribution in [2.45, 2.75) is 45.1 Å². The van der Waals surface area contributed by atoms with Gasteiger partial charge in [-0.05, 0) is 72.9 Å². The van der Waals surface area contributed by atoms with Gasteiger partial charge in [-0.2, -0.15) is 0 Å². The quantitative estimate of drug-likeness (QED) is 0.345. The molecule has 2 aromatic carbocycles. The van der Waals surface area contributed by atoms with Crippen molar-refractivity contribution in [3.05, 3.63) is 65.2 Å². The fourth-order valence-electron chi connectivity index (χ4n) is 3.96. The van der Waals surface area contributed by atoms with Gasteiger partial charge in [0.05, 0.1) is 23.8 Å². The molecule has 0 spiro atoms. The summed E-state index contributed by atoms with van der Waals surface area (Å²) in [6.07, 6.45) is 6.59. The summed E-state index contributed by atoms with van der Waals surface area (Å²) in [5.41, 5.74) is 2.91. The molecule has 0 unspecified atom stereocenters. The molecule has 2 N–H and O–H groups in total. The minimum absolute atomic E-state index is 0.00359. The van der Waals surface area contributed by atoms with E-state index in [-0.39, 0.29) is 29.8 Å². The Morgan fingerprint density at radius 1 is 1.24 bits per heavy atom. The SMILES string of the molecule is C[C@@H](CS(=O)(=O)CC/C=C/Cc1cc(O)c2c(c1)COC(=O)N2)c1cccc(OCC2CC2)c1. The van der Waals surface area contributed by atoms with Crippen LogP contribution >= 0.6 is 0 Å². The van der Waals surface area contributed by atoms with E-state index in [1.807, 2.05) is 49.4 Å². The Labute approximate surface area is 200 Å². The summed E-state index contributed by atoms with van der Waals surface area (Å²) >= 11 is 0. The van der Waals surface area contributed by atoms with E-state index >= 15 is 0 Å². The number of amides is 1. The van der Waals surface area contributed by atoms with Gasteiger partial charge in [-0.1, -0.05) is 31.2 Å². The van der Waals surface area contributed by atoms with Crippen molar-refractivity contribution in [3.63, 3.8) is 0 Å². The Kier molecular flexibility index (Phi) is 7.46. The van der Waals surface area contributed by atoms with Crippen LogP contribution in [0.25, 0.3) is 0 Å². The third-order valence-electron chi connectivity index (χ3n) is 6.07. The van der Waals surface area contributed by atoms with E-state index in [4.69, 9.17) is 9.47 Å². The summed E-state index contributed by atoms with van der Waals surface area (Å²) in [6.45, 7) is 2.78. The van der Waals surface area contributed by atoms with Crippen LogP contribution < -0.4 is 10.1 Å². The predicted octanol–water partition coefficient (Wildman–Crippen LogP) is 4.95. The Morgan fingerprint density at radius 3 is 2.85 bits per heavy atom. The lowest BCUT2D eigenvalue weighted by molar-refractivity contribution is 0.151. The average Bonchev–Trinajstić information content (AvgIpc) is 3.62. The predicted molar refractivity (Wildman–Crippen MR) is 131 cm³/mol. The van der Waals surface area contributed by atoms with E-state index in [1.165, 1.54) is 12.8 Å². The van der Waals surface area contributed by atoms with Crippen LogP contribution in [0.15, 0.2) is 48.6 Å². The third-order valence-corrected chi connectivity index (χ3v) is 7.94. The van der Waals surface area contributed by atoms with Gasteiger partial charge in [0, 0.05) is 5.56 Å². The lowest BCUT2D eigenvalue weighted by Gasteiger charge is -2.19. The van der Waals surface area contributed by atoms with Crippen LogP contribution in [0.4, 0.5) is 10.5 Å². The highest BCUT2D eigenvalue weighted by Crippen LogP contribution is 2.33. The number of cyclic esters (lactones) is 1. The molecule has 2 aromatic rings. The number of hydrogen-bond donors (Lipinski definition) is 2. The van der Waals surface area contributed by atoms with Crippen molar-refractivity contribution >= 4 is 21.6 Å². The van der Waals surface area contributed by atoms with Gasteiger partial charge >= 0.3 is 6.09 Å². The smallest absolute Gasteiger partial charge is 0.412 e. The molecule has 1 aliphatic carbocycles. The molecule has 1 fully saturated rings. The minimum atomic E-state index is -3.22. The van der Waals surface area contributed by atoms with Crippen molar-refractivity contribution in [1.82, 2.24) is 0 Å². The maximum atomic E-state index is 12.6. The third kappa shape index (κ3) is 6.76. The molecular weight excluding hydrogens is 454 g/mol. The van der Waals surface area contributed by atoms with Gasteiger partial charge in [0.2, 0.25) is 0 Å². The first kappa shape index (κ1) is 24.1. The number of rotatable bonds is 11. The Bertz CT molecular complexity index is 1170. The summed E-state index contributed by atoms with van der Waals surface area (Å²) in [5.74, 6) is 1.54. The second-order valence-electron chi connectivity index (χ2n) is 9.16. The number of sulfone groups is 1. The van der Waals surface area contributed by atoms with Crippen molar-refractivity contribution < 1.29 is 27.8 Å². The van der Waals surface area contributed by atoms with Crippen LogP contribution in [-0.4, -0.2) is 37.7 Å². The number of anilines is 1. The van der Waals surface area contributed by atoms with Gasteiger partial charge < -0.3 is 14.6 Å². The first-order chi connectivity index (χ1) is 16.3. The van der Waals surface area contributed by atoms with E-state index in [9.17, 15) is 18.3 Å². The molecule has 1 aliphatic heterocycles. The highest BCUT2D eigenvalue weighted by molar-refractivity contribution is 7.91. The van der Waals surface area contributed by atoms with E-state index in [0.29, 0.717) is 30.0 Å². The number of carbonyl (C=O) groups is 1. The number of phenols is 1. The molecule has 0 radical (unpaired) electrons. The number of allylic oxidation sites excluding steroid dienone is 2. The number of fused-ring (bicyclic) bond motifs is 1. The second kappa shape index (κ2) is 10.5. The van der Waals surface area contributed by atoms with Gasteiger partial charge in [0.1, 0.15) is 18.1 Å². The summed E-state index contributed by atoms with van der Waals surface area (Å²) in [5, 5.41) is 12.6. The highest BCUT2D eigenvalue weighted by Gasteiger charge is 2.22. The molecule has 34 heavy (non-hydrogen) atoms. The van der Waals surface area contributed by atoms with Gasteiger partial charge in [-0.3, -0.25) is 5.32 Å². The molecule has 2 aliphatic rings. The first-order valence-corrected chi connectivity index (χ1v) is 13.5. The van der Waals surface area contributed by atoms with Crippen LogP contribution in [0, 0.1) is 5.92 Å². The standard InChI is InChI=1S/C26H31NO6S/c1-18(21-7-5-8-23(14-21)32-15-19-9-10-19)17-34(30,31)11-4-2-3-6-20-12-22-16-33-26(29)27-25(22)24(28)13-20/h2-3,5,7-8,12-14,18-19,28H,4,6,9-11,15-17H2,1H3,(H,27,29)/b3-2+/t18-/m0/s1. The number of aromatic hydroxyl groups is 1. The van der Waals surface area contributed by atoms with Gasteiger partial charge in [0.25, 0.3) is 0 Å². The van der Waals surface area contributed by atoms with Gasteiger partial charge in [0.15, 0.2) is 9.84 Å². The fraction of sp³-hybridized carbons (Fsp3) is 0.423. The Balaban J connectivity index is 1.25. The van der Waals surface area contributed by atoms with Crippen LogP contribution in [0.2, 0.25) is 0 Å². The number of phenolic OH excluding ortho intramolecular Hbond substituents is 1. The van der Waals surface area contributed by atoms with Crippen molar-refractivity contribution in [2.24, 2.45) is 5.92 Å². The van der Waals surface area contributed by atoms with Crippen molar-refractivity contribution in [3.8, 4) is 11.5 Å². The molecule has 4 rings (SSSR count). The second-order valence-corrected chi connectivity index (χ2v) is 11.4. The molecule has 0 bridgehead atoms. The topological polar surface area (TPSA) is 102 Å². The van der Waals surface area contributed by atoms with Gasteiger partial charge in [-0.15, -0.1) is 0 Å². The Hall–Kier alpha value is -3.00. The molecule has 7 nitrogen and oxygen atoms in total. The van der Waals surface area contributed by atoms with Crippen LogP contribution in [0.3, 0.4) is 0 Å². The van der Waals surface area contributed by atoms with Crippen LogP contribution in [0.5, 0.6) is 11.5 Å². The molecule has 1 saturated carbocycles. The summed E-state index contributed by atoms with van der Waals surface area (Å²) in [6, 6.07) is 11.2. The molecule has 1 amide bonds. The number of carbonyl (C=O) groups excluding carboxylic acids is 1. The Morgan fingerprint density at radius 2 is 2.06 bits per heavy atom. The molecule has 0 aromatic heterocycles. The van der Waals surface area contributed by atoms with Crippen LogP contribution in [0.1, 0.15) is 48.8 Å². The van der Waals surface area contributed by atoms with E-state index < -0.39 is 15.9 Å². The number of nitrogens with one attached hydrogen (secondary N) is 1. The zero-order valence-electron chi connectivity index (χ0n) is 19.3. The maximum Gasteiger partial charge on any atom is 0.412 e. The van der Waals surface area contributed by atoms with E-state index in [0.717, 1.165) is 23.5 Å². The van der Waals surface area contributed by atoms with Gasteiger partial charge in [-0.25, -0.2) is 13.2 Å². The molecule has 1 heterocycles. The van der Waals surface area contributed by atoms with Crippen molar-refractivity contribution in [1.29, 1.82) is 0 Å². The number of hydrogen-bond acceptors (Lipinski definition) is 6. The highest BCUT2D eigenvalue weighted by atomic mass is 32.2. The van der Waals surface area contributed by atoms with Crippen molar-refractivity contribution in [2.75, 3.05) is 23.4 Å². The lowest BCUT2D eigenvalue weighted by Crippen LogP contribution is -2.20. The summed E-state index contributed by atoms with van der Waals surface area (Å²) in [7, 11) is -3.22. The molecule has 182 valence electrons. The normalized spacial score (nSPS) is 16.6. The molecule has 0 saturated heterocycles. The van der Waals surface area contributed by atoms with E-state index in [1.54, 1.807) is 6.07 Å². The zero-order valence-corrected chi connectivity index (χ0v) is 20.1. The first-order valence-electron chi connectivity index (χ1n) is 11.7. The molecular formula is C26H31NO6S. The molecule has 8 heteroatoms. The average molecular weight is 486 g/mol. The monoisotopic (exact) mass is 485 g/mol. The molecule has 1 atom stereocenters. The summed E-state index contributed by atoms with van der Waals surface area (Å²) in [4.78, 5) is 11.3. The summed E-state index contributed by atoms with van der Waals surface area (Å²) < 4.78 is 36.0. The zero-order chi connectivity index (χ0) is 24.1. The minimum Gasteiger partial charge on any atom is -0.506 e. The van der Waals surface area contributed by atoms with Crippen LogP contribution in [-0.2, 0) is 27.6 Å². The maximum absolute atomic E-state index is 12.6. The number of benzene rings is 2. The van der Waals surface area contributed by atoms with E-state index in [2.05, 4.69) is 5.32 Å².